The highest BCUT2D eigenvalue weighted by Crippen LogP contribution is 2.22. The molecule has 0 saturated carbocycles. The summed E-state index contributed by atoms with van der Waals surface area (Å²) in [5.74, 6) is 0.301. The molecule has 2 aromatic heterocycles. The Labute approximate surface area is 121 Å². The molecule has 0 bridgehead atoms. The normalized spacial score (nSPS) is 10.6. The molecule has 0 saturated heterocycles. The third-order valence-electron chi connectivity index (χ3n) is 3.43. The average molecular weight is 281 g/mol. The van der Waals surface area contributed by atoms with E-state index in [4.69, 9.17) is 0 Å². The van der Waals surface area contributed by atoms with Crippen LogP contribution in [-0.2, 0) is 0 Å². The summed E-state index contributed by atoms with van der Waals surface area (Å²) in [6, 6.07) is 9.61. The number of hydrogen-bond acceptors (Lipinski definition) is 3. The van der Waals surface area contributed by atoms with E-state index < -0.39 is 0 Å². The maximum atomic E-state index is 12.4. The minimum absolute atomic E-state index is 0.239. The highest BCUT2D eigenvalue weighted by molar-refractivity contribution is 6.07. The zero-order chi connectivity index (χ0) is 14.8. The fourth-order valence-corrected chi connectivity index (χ4v) is 2.06. The summed E-state index contributed by atoms with van der Waals surface area (Å²) in [5.41, 5.74) is 3.95. The van der Waals surface area contributed by atoms with Crippen LogP contribution in [0.4, 0.5) is 5.82 Å². The molecule has 3 aromatic rings. The van der Waals surface area contributed by atoms with Gasteiger partial charge in [-0.05, 0) is 13.8 Å². The second-order valence-corrected chi connectivity index (χ2v) is 4.80. The van der Waals surface area contributed by atoms with E-state index in [2.05, 4.69) is 25.7 Å². The highest BCUT2D eigenvalue weighted by Gasteiger charge is 2.17. The maximum absolute atomic E-state index is 12.4. The van der Waals surface area contributed by atoms with Crippen LogP contribution in [0.15, 0.2) is 36.5 Å². The number of aryl methyl sites for hydroxylation is 1. The van der Waals surface area contributed by atoms with Crippen LogP contribution >= 0.6 is 0 Å². The van der Waals surface area contributed by atoms with Crippen LogP contribution in [0.3, 0.4) is 0 Å². The van der Waals surface area contributed by atoms with Crippen LogP contribution in [0.5, 0.6) is 0 Å². The fourth-order valence-electron chi connectivity index (χ4n) is 2.06. The molecule has 2 heterocycles. The maximum Gasteiger partial charge on any atom is 0.260 e. The Morgan fingerprint density at radius 3 is 2.57 bits per heavy atom. The smallest absolute Gasteiger partial charge is 0.260 e. The molecule has 0 atom stereocenters. The molecule has 3 rings (SSSR count). The molecule has 106 valence electrons. The summed E-state index contributed by atoms with van der Waals surface area (Å²) in [5, 5.41) is 16.6. The van der Waals surface area contributed by atoms with Crippen molar-refractivity contribution in [2.75, 3.05) is 5.32 Å². The summed E-state index contributed by atoms with van der Waals surface area (Å²) in [6.45, 7) is 3.81. The van der Waals surface area contributed by atoms with Crippen molar-refractivity contribution in [2.45, 2.75) is 13.8 Å². The SMILES string of the molecule is Cc1[nH]nc(NC(=O)c2cn[nH]c2-c2ccccc2)c1C. The van der Waals surface area contributed by atoms with E-state index >= 15 is 0 Å². The summed E-state index contributed by atoms with van der Waals surface area (Å²) < 4.78 is 0. The monoisotopic (exact) mass is 281 g/mol. The number of hydrogen-bond donors (Lipinski definition) is 3. The predicted molar refractivity (Wildman–Crippen MR) is 80.0 cm³/mol. The third kappa shape index (κ3) is 2.43. The van der Waals surface area contributed by atoms with Crippen molar-refractivity contribution in [1.29, 1.82) is 0 Å². The van der Waals surface area contributed by atoms with Crippen LogP contribution < -0.4 is 5.32 Å². The minimum Gasteiger partial charge on any atom is -0.305 e. The molecule has 0 aliphatic carbocycles. The highest BCUT2D eigenvalue weighted by atomic mass is 16.1. The van der Waals surface area contributed by atoms with Gasteiger partial charge in [-0.2, -0.15) is 10.2 Å². The van der Waals surface area contributed by atoms with Crippen molar-refractivity contribution in [3.8, 4) is 11.3 Å². The van der Waals surface area contributed by atoms with Gasteiger partial charge in [-0.1, -0.05) is 30.3 Å². The first-order valence-electron chi connectivity index (χ1n) is 6.58. The first-order chi connectivity index (χ1) is 10.2. The quantitative estimate of drug-likeness (QED) is 0.689. The lowest BCUT2D eigenvalue weighted by Crippen LogP contribution is -2.13. The topological polar surface area (TPSA) is 86.5 Å². The third-order valence-corrected chi connectivity index (χ3v) is 3.43. The largest absolute Gasteiger partial charge is 0.305 e. The molecule has 6 heteroatoms. The lowest BCUT2D eigenvalue weighted by Gasteiger charge is -2.04. The fraction of sp³-hybridized carbons (Fsp3) is 0.133. The van der Waals surface area contributed by atoms with Gasteiger partial charge in [0.05, 0.1) is 17.5 Å². The molecule has 0 radical (unpaired) electrons. The number of H-pyrrole nitrogens is 2. The van der Waals surface area contributed by atoms with Crippen LogP contribution in [0, 0.1) is 13.8 Å². The van der Waals surface area contributed by atoms with E-state index in [1.165, 1.54) is 6.20 Å². The number of carbonyl (C=O) groups is 1. The molecule has 21 heavy (non-hydrogen) atoms. The second kappa shape index (κ2) is 5.24. The molecule has 1 aromatic carbocycles. The zero-order valence-corrected chi connectivity index (χ0v) is 11.8. The Hall–Kier alpha value is -2.89. The average Bonchev–Trinajstić information content (AvgIpc) is 3.10. The summed E-state index contributed by atoms with van der Waals surface area (Å²) in [7, 11) is 0. The van der Waals surface area contributed by atoms with Gasteiger partial charge in [0.1, 0.15) is 0 Å². The van der Waals surface area contributed by atoms with Gasteiger partial charge in [0, 0.05) is 16.8 Å². The Morgan fingerprint density at radius 1 is 1.14 bits per heavy atom. The van der Waals surface area contributed by atoms with Gasteiger partial charge in [-0.25, -0.2) is 0 Å². The number of anilines is 1. The molecule has 0 fully saturated rings. The van der Waals surface area contributed by atoms with Crippen LogP contribution in [0.25, 0.3) is 11.3 Å². The second-order valence-electron chi connectivity index (χ2n) is 4.80. The molecule has 6 nitrogen and oxygen atoms in total. The zero-order valence-electron chi connectivity index (χ0n) is 11.8. The number of aromatic nitrogens is 4. The molecule has 1 amide bonds. The van der Waals surface area contributed by atoms with Crippen molar-refractivity contribution in [3.05, 3.63) is 53.3 Å². The predicted octanol–water partition coefficient (Wildman–Crippen LogP) is 2.67. The first kappa shape index (κ1) is 13.1. The molecule has 0 spiro atoms. The van der Waals surface area contributed by atoms with Crippen molar-refractivity contribution >= 4 is 11.7 Å². The Bertz CT molecular complexity index is 772. The van der Waals surface area contributed by atoms with E-state index in [9.17, 15) is 4.79 Å². The van der Waals surface area contributed by atoms with Crippen LogP contribution in [0.1, 0.15) is 21.6 Å². The number of nitrogens with one attached hydrogen (secondary N) is 3. The summed E-state index contributed by atoms with van der Waals surface area (Å²) in [6.07, 6.45) is 1.52. The molecule has 3 N–H and O–H groups in total. The van der Waals surface area contributed by atoms with Crippen molar-refractivity contribution in [2.24, 2.45) is 0 Å². The van der Waals surface area contributed by atoms with Gasteiger partial charge >= 0.3 is 0 Å². The van der Waals surface area contributed by atoms with Crippen LogP contribution in [-0.4, -0.2) is 26.3 Å². The first-order valence-corrected chi connectivity index (χ1v) is 6.58. The van der Waals surface area contributed by atoms with Gasteiger partial charge in [-0.3, -0.25) is 15.0 Å². The standard InChI is InChI=1S/C15H15N5O/c1-9-10(2)18-20-14(9)17-15(21)12-8-16-19-13(12)11-6-4-3-5-7-11/h3-8H,1-2H3,(H,16,19)(H2,17,18,20,21). The van der Waals surface area contributed by atoms with Gasteiger partial charge in [0.2, 0.25) is 0 Å². The number of rotatable bonds is 3. The summed E-state index contributed by atoms with van der Waals surface area (Å²) in [4.78, 5) is 12.4. The van der Waals surface area contributed by atoms with E-state index in [0.717, 1.165) is 16.8 Å². The lowest BCUT2D eigenvalue weighted by molar-refractivity contribution is 0.102. The van der Waals surface area contributed by atoms with E-state index in [-0.39, 0.29) is 5.91 Å². The molecule has 0 unspecified atom stereocenters. The van der Waals surface area contributed by atoms with Gasteiger partial charge in [-0.15, -0.1) is 0 Å². The van der Waals surface area contributed by atoms with Gasteiger partial charge in [0.15, 0.2) is 5.82 Å². The van der Waals surface area contributed by atoms with Crippen LogP contribution in [0.2, 0.25) is 0 Å². The van der Waals surface area contributed by atoms with E-state index in [0.29, 0.717) is 17.1 Å². The molecule has 0 aliphatic rings. The van der Waals surface area contributed by atoms with Gasteiger partial charge in [0.25, 0.3) is 5.91 Å². The molecular formula is C15H15N5O. The number of aromatic amines is 2. The Morgan fingerprint density at radius 2 is 1.90 bits per heavy atom. The number of amides is 1. The summed E-state index contributed by atoms with van der Waals surface area (Å²) >= 11 is 0. The lowest BCUT2D eigenvalue weighted by atomic mass is 10.1. The Kier molecular flexibility index (Phi) is 3.27. The Balaban J connectivity index is 1.90. The molecule has 0 aliphatic heterocycles. The van der Waals surface area contributed by atoms with Gasteiger partial charge < -0.3 is 5.32 Å². The number of benzene rings is 1. The minimum atomic E-state index is -0.239. The molecular weight excluding hydrogens is 266 g/mol. The van der Waals surface area contributed by atoms with E-state index in [1.54, 1.807) is 0 Å². The van der Waals surface area contributed by atoms with Crippen molar-refractivity contribution in [3.63, 3.8) is 0 Å². The number of nitrogens with zero attached hydrogens (tertiary/aromatic N) is 2. The van der Waals surface area contributed by atoms with Crippen molar-refractivity contribution in [1.82, 2.24) is 20.4 Å². The van der Waals surface area contributed by atoms with Crippen molar-refractivity contribution < 1.29 is 4.79 Å². The number of carbonyl (C=O) groups excluding carboxylic acids is 1. The van der Waals surface area contributed by atoms with E-state index in [1.807, 2.05) is 44.2 Å².